The molecule has 26 rings (SSSR count). The van der Waals surface area contributed by atoms with E-state index in [9.17, 15) is 0 Å². The number of hydrogen-bond acceptors (Lipinski definition) is 4. The fourth-order valence-electron chi connectivity index (χ4n) is 20.3. The molecule has 6 nitrogen and oxygen atoms in total. The van der Waals surface area contributed by atoms with E-state index in [1.807, 2.05) is 0 Å². The zero-order valence-corrected chi connectivity index (χ0v) is 64.8. The molecule has 4 heterocycles. The molecule has 4 aromatic heterocycles. The molecule has 0 amide bonds. The van der Waals surface area contributed by atoms with Crippen molar-refractivity contribution in [2.24, 2.45) is 0 Å². The third kappa shape index (κ3) is 9.97. The van der Waals surface area contributed by atoms with Crippen LogP contribution < -0.4 is 0 Å². The Labute approximate surface area is 687 Å². The van der Waals surface area contributed by atoms with Gasteiger partial charge in [-0.1, -0.05) is 322 Å². The summed E-state index contributed by atoms with van der Waals surface area (Å²) in [5, 5.41) is 32.6. The molecule has 0 aliphatic carbocycles. The minimum atomic E-state index is 0.609. The van der Waals surface area contributed by atoms with E-state index < -0.39 is 0 Å². The van der Waals surface area contributed by atoms with Crippen LogP contribution in [0.4, 0.5) is 0 Å². The van der Waals surface area contributed by atoms with Gasteiger partial charge in [0.25, 0.3) is 0 Å². The summed E-state index contributed by atoms with van der Waals surface area (Å²) in [4.78, 5) is 23.3. The van der Waals surface area contributed by atoms with Crippen molar-refractivity contribution in [2.45, 2.75) is 0 Å². The van der Waals surface area contributed by atoms with Crippen molar-refractivity contribution in [3.63, 3.8) is 0 Å². The fraction of sp³-hybridized carbons (Fsp3) is 0. The summed E-state index contributed by atoms with van der Waals surface area (Å²) in [6, 6.07) is 148. The number of rotatable bonds is 8. The van der Waals surface area contributed by atoms with E-state index in [4.69, 9.17) is 19.9 Å². The van der Waals surface area contributed by atoms with Crippen molar-refractivity contribution in [1.29, 1.82) is 0 Å². The number of aromatic nitrogens is 6. The van der Waals surface area contributed by atoms with Gasteiger partial charge in [0, 0.05) is 59.6 Å². The fourth-order valence-corrected chi connectivity index (χ4v) is 20.3. The van der Waals surface area contributed by atoms with E-state index in [0.717, 1.165) is 154 Å². The molecule has 0 saturated carbocycles. The zero-order chi connectivity index (χ0) is 78.4. The molecular weight excluding hydrogens is 1450 g/mol. The smallest absolute Gasteiger partial charge is 0.235 e. The van der Waals surface area contributed by atoms with Crippen molar-refractivity contribution in [3.05, 3.63) is 400 Å². The number of benzene rings is 22. The molecule has 0 aliphatic heterocycles. The molecule has 120 heavy (non-hydrogen) atoms. The van der Waals surface area contributed by atoms with Gasteiger partial charge in [0.2, 0.25) is 11.9 Å². The first kappa shape index (κ1) is 66.3. The summed E-state index contributed by atoms with van der Waals surface area (Å²) in [6.45, 7) is 0. The van der Waals surface area contributed by atoms with Gasteiger partial charge in [-0.05, 0) is 226 Å². The van der Waals surface area contributed by atoms with Crippen LogP contribution in [0, 0.1) is 0 Å². The van der Waals surface area contributed by atoms with Crippen LogP contribution in [0.25, 0.3) is 263 Å². The third-order valence-electron chi connectivity index (χ3n) is 25.7. The molecule has 26 aromatic rings. The largest absolute Gasteiger partial charge is 0.278 e. The first-order valence-corrected chi connectivity index (χ1v) is 41.2. The van der Waals surface area contributed by atoms with Crippen LogP contribution in [0.2, 0.25) is 0 Å². The Hall–Kier alpha value is -16.0. The maximum absolute atomic E-state index is 5.95. The van der Waals surface area contributed by atoms with Gasteiger partial charge in [-0.15, -0.1) is 0 Å². The van der Waals surface area contributed by atoms with E-state index >= 15 is 0 Å². The third-order valence-corrected chi connectivity index (χ3v) is 25.7. The summed E-state index contributed by atoms with van der Waals surface area (Å²) in [6.07, 6.45) is 0. The quantitative estimate of drug-likeness (QED) is 0.142. The van der Waals surface area contributed by atoms with E-state index in [-0.39, 0.29) is 0 Å². The molecule has 0 fully saturated rings. The van der Waals surface area contributed by atoms with Gasteiger partial charge in [0.15, 0.2) is 0 Å². The highest BCUT2D eigenvalue weighted by Crippen LogP contribution is 2.50. The molecule has 0 radical (unpaired) electrons. The predicted octanol–water partition coefficient (Wildman–Crippen LogP) is 30.5. The van der Waals surface area contributed by atoms with Crippen LogP contribution >= 0.6 is 0 Å². The monoisotopic (exact) mass is 1520 g/mol. The van der Waals surface area contributed by atoms with Gasteiger partial charge in [-0.2, -0.15) is 0 Å². The lowest BCUT2D eigenvalue weighted by Crippen LogP contribution is -2.04. The van der Waals surface area contributed by atoms with E-state index in [0.29, 0.717) is 11.9 Å². The van der Waals surface area contributed by atoms with E-state index in [1.54, 1.807) is 0 Å². The van der Waals surface area contributed by atoms with Gasteiger partial charge >= 0.3 is 0 Å². The van der Waals surface area contributed by atoms with Crippen LogP contribution in [-0.2, 0) is 0 Å². The van der Waals surface area contributed by atoms with Crippen LogP contribution in [0.3, 0.4) is 0 Å². The van der Waals surface area contributed by atoms with Gasteiger partial charge in [0.05, 0.1) is 44.5 Å². The van der Waals surface area contributed by atoms with Crippen LogP contribution in [0.1, 0.15) is 0 Å². The second-order valence-corrected chi connectivity index (χ2v) is 32.2. The van der Waals surface area contributed by atoms with Crippen molar-refractivity contribution < 1.29 is 0 Å². The van der Waals surface area contributed by atoms with Gasteiger partial charge in [-0.25, -0.2) is 19.9 Å². The standard InChI is InChI=1S/C114H66N6/c1-3-22-67(23-4-1)78-48-44-70-45-49-79(59-80(70)58-78)111-107-85-32-13-11-26-71(85)51-55-99(107)115-113(117-111)119-101-57-54-94-90-37-18-19-38-91(90)104-84(40-21-41-95(104)106(94)109(101)98-64-75-29-8-9-30-76(75)65-102(98)119)73-46-42-69(43-47-73)82-60-81(68-24-5-2-6-25-68)61-83(62-82)110-96-52-50-72-27-12-14-33-86(72)112(96)118-114(116-110)120-100-56-53-93-89-36-16-15-34-87(89)88-35-17-20-39-92(88)105(93)108(100)97-63-74-28-7-10-31-77(74)66-103(97)120/h1-66H. The highest BCUT2D eigenvalue weighted by atomic mass is 15.2. The molecule has 0 saturated heterocycles. The molecule has 0 spiro atoms. The lowest BCUT2D eigenvalue weighted by molar-refractivity contribution is 1.02. The molecule has 22 aromatic carbocycles. The summed E-state index contributed by atoms with van der Waals surface area (Å²) in [5.74, 6) is 1.22. The van der Waals surface area contributed by atoms with Gasteiger partial charge < -0.3 is 0 Å². The van der Waals surface area contributed by atoms with Crippen molar-refractivity contribution in [2.75, 3.05) is 0 Å². The maximum Gasteiger partial charge on any atom is 0.235 e. The average molecular weight is 1520 g/mol. The molecule has 6 heteroatoms. The Balaban J connectivity index is 0.666. The lowest BCUT2D eigenvalue weighted by atomic mass is 9.87. The van der Waals surface area contributed by atoms with Gasteiger partial charge in [0.1, 0.15) is 0 Å². The molecule has 0 N–H and O–H groups in total. The average Bonchev–Trinajstić information content (AvgIpc) is 1.51. The summed E-state index contributed by atoms with van der Waals surface area (Å²) < 4.78 is 4.69. The SMILES string of the molecule is c1ccc(-c2cc(-c3ccc(-c4cccc5c4c4ccccc4c4ccc6c(c7cc8ccccc8cc7n6-c6nc(-c7ccc8ccc(-c9ccccc9)cc8c7)c7c(ccc8ccccc87)n6)c45)cc3)cc(-c3nc(-n4c5cc6ccccc6cc5c5c6c7ccccc7c7ccccc7c6ccc54)nc4c3ccc3ccccc34)c2)cc1. The number of fused-ring (bicyclic) bond motifs is 29. The first-order chi connectivity index (χ1) is 59.5. The zero-order valence-electron chi connectivity index (χ0n) is 64.8. The Bertz CT molecular complexity index is 8940. The van der Waals surface area contributed by atoms with E-state index in [1.165, 1.54) is 97.3 Å². The molecule has 0 bridgehead atoms. The molecule has 552 valence electrons. The molecule has 0 aliphatic rings. The molecule has 0 atom stereocenters. The lowest BCUT2D eigenvalue weighted by Gasteiger charge is -2.17. The summed E-state index contributed by atoms with van der Waals surface area (Å²) in [7, 11) is 0. The molecule has 0 unspecified atom stereocenters. The Morgan fingerprint density at radius 3 is 1.19 bits per heavy atom. The Morgan fingerprint density at radius 1 is 0.158 bits per heavy atom. The van der Waals surface area contributed by atoms with Gasteiger partial charge in [-0.3, -0.25) is 9.13 Å². The predicted molar refractivity (Wildman–Crippen MR) is 506 cm³/mol. The normalized spacial score (nSPS) is 12.2. The van der Waals surface area contributed by atoms with Crippen LogP contribution in [0.5, 0.6) is 0 Å². The van der Waals surface area contributed by atoms with E-state index in [2.05, 4.69) is 410 Å². The Morgan fingerprint density at radius 2 is 0.567 bits per heavy atom. The van der Waals surface area contributed by atoms with Crippen LogP contribution in [0.15, 0.2) is 400 Å². The minimum Gasteiger partial charge on any atom is -0.278 e. The molecular formula is C114H66N6. The summed E-state index contributed by atoms with van der Waals surface area (Å²) in [5.41, 5.74) is 18.7. The second kappa shape index (κ2) is 25.7. The first-order valence-electron chi connectivity index (χ1n) is 41.2. The maximum atomic E-state index is 5.95. The Kier molecular flexibility index (Phi) is 14.2. The van der Waals surface area contributed by atoms with Crippen molar-refractivity contribution in [1.82, 2.24) is 29.1 Å². The number of nitrogens with zero attached hydrogens (tertiary/aromatic N) is 6. The van der Waals surface area contributed by atoms with Crippen LogP contribution in [-0.4, -0.2) is 29.1 Å². The highest BCUT2D eigenvalue weighted by molar-refractivity contribution is 6.39. The summed E-state index contributed by atoms with van der Waals surface area (Å²) >= 11 is 0. The minimum absolute atomic E-state index is 0.609. The topological polar surface area (TPSA) is 61.4 Å². The second-order valence-electron chi connectivity index (χ2n) is 32.2. The highest BCUT2D eigenvalue weighted by Gasteiger charge is 2.27. The van der Waals surface area contributed by atoms with Crippen molar-refractivity contribution >= 4 is 184 Å². The van der Waals surface area contributed by atoms with Crippen molar-refractivity contribution in [3.8, 4) is 78.9 Å². The number of hydrogen-bond donors (Lipinski definition) is 0.